The Labute approximate surface area is 175 Å². The molecule has 0 aliphatic carbocycles. The van der Waals surface area contributed by atoms with Gasteiger partial charge in [-0.25, -0.2) is 5.43 Å². The molecule has 6 heteroatoms. The van der Waals surface area contributed by atoms with Crippen molar-refractivity contribution in [2.45, 2.75) is 13.8 Å². The molecule has 3 aromatic rings. The minimum Gasteiger partial charge on any atom is -0.484 e. The van der Waals surface area contributed by atoms with Crippen LogP contribution in [0.15, 0.2) is 77.9 Å². The van der Waals surface area contributed by atoms with Gasteiger partial charge in [0.1, 0.15) is 5.75 Å². The third kappa shape index (κ3) is 6.04. The molecule has 0 aromatic heterocycles. The van der Waals surface area contributed by atoms with E-state index in [1.807, 2.05) is 44.2 Å². The molecule has 2 amide bonds. The van der Waals surface area contributed by atoms with E-state index in [2.05, 4.69) is 15.8 Å². The average Bonchev–Trinajstić information content (AvgIpc) is 2.76. The number of nitrogens with one attached hydrogen (secondary N) is 2. The van der Waals surface area contributed by atoms with Crippen LogP contribution in [0.5, 0.6) is 5.75 Å². The highest BCUT2D eigenvalue weighted by molar-refractivity contribution is 5.95. The van der Waals surface area contributed by atoms with Gasteiger partial charge in [-0.15, -0.1) is 0 Å². The fraction of sp³-hybridized carbons (Fsp3) is 0.125. The summed E-state index contributed by atoms with van der Waals surface area (Å²) >= 11 is 0. The van der Waals surface area contributed by atoms with E-state index >= 15 is 0 Å². The van der Waals surface area contributed by atoms with Crippen molar-refractivity contribution in [3.05, 3.63) is 95.1 Å². The summed E-state index contributed by atoms with van der Waals surface area (Å²) in [6, 6.07) is 21.7. The number of anilines is 1. The number of hydrazone groups is 1. The van der Waals surface area contributed by atoms with Gasteiger partial charge in [0.25, 0.3) is 11.8 Å². The monoisotopic (exact) mass is 401 g/mol. The van der Waals surface area contributed by atoms with Crippen molar-refractivity contribution in [1.29, 1.82) is 0 Å². The number of hydrogen-bond acceptors (Lipinski definition) is 4. The number of nitrogens with zero attached hydrogens (tertiary/aromatic N) is 1. The molecule has 152 valence electrons. The second-order valence-corrected chi connectivity index (χ2v) is 6.77. The number of carbonyl (C=O) groups excluding carboxylic acids is 2. The van der Waals surface area contributed by atoms with E-state index < -0.39 is 0 Å². The number of aryl methyl sites for hydroxylation is 2. The van der Waals surface area contributed by atoms with Gasteiger partial charge in [-0.2, -0.15) is 5.10 Å². The zero-order valence-corrected chi connectivity index (χ0v) is 16.9. The lowest BCUT2D eigenvalue weighted by molar-refractivity contribution is -0.118. The van der Waals surface area contributed by atoms with Gasteiger partial charge in [0.05, 0.1) is 6.21 Å². The number of carbonyl (C=O) groups is 2. The smallest absolute Gasteiger partial charge is 0.271 e. The number of benzene rings is 3. The van der Waals surface area contributed by atoms with Crippen LogP contribution in [0.2, 0.25) is 0 Å². The van der Waals surface area contributed by atoms with E-state index in [1.54, 1.807) is 42.5 Å². The summed E-state index contributed by atoms with van der Waals surface area (Å²) in [5, 5.41) is 6.79. The predicted octanol–water partition coefficient (Wildman–Crippen LogP) is 4.08. The molecule has 0 aliphatic rings. The van der Waals surface area contributed by atoms with E-state index in [4.69, 9.17) is 4.74 Å². The van der Waals surface area contributed by atoms with E-state index in [-0.39, 0.29) is 18.4 Å². The minimum atomic E-state index is -0.290. The summed E-state index contributed by atoms with van der Waals surface area (Å²) in [6.45, 7) is 3.91. The lowest BCUT2D eigenvalue weighted by Crippen LogP contribution is -2.20. The number of amides is 2. The molecule has 0 spiro atoms. The Morgan fingerprint density at radius 1 is 0.933 bits per heavy atom. The van der Waals surface area contributed by atoms with Gasteiger partial charge in [0.15, 0.2) is 6.61 Å². The first-order valence-corrected chi connectivity index (χ1v) is 9.50. The first-order valence-electron chi connectivity index (χ1n) is 9.50. The third-order valence-corrected chi connectivity index (χ3v) is 4.43. The molecule has 0 saturated heterocycles. The number of rotatable bonds is 7. The van der Waals surface area contributed by atoms with Crippen molar-refractivity contribution in [3.8, 4) is 5.75 Å². The molecule has 0 bridgehead atoms. The van der Waals surface area contributed by atoms with Crippen LogP contribution in [-0.2, 0) is 4.79 Å². The van der Waals surface area contributed by atoms with E-state index in [9.17, 15) is 9.59 Å². The normalized spacial score (nSPS) is 10.6. The van der Waals surface area contributed by atoms with E-state index in [1.165, 1.54) is 11.8 Å². The molecule has 0 saturated carbocycles. The molecular formula is C24H23N3O3. The first-order chi connectivity index (χ1) is 14.5. The number of ether oxygens (including phenoxy) is 1. The van der Waals surface area contributed by atoms with Crippen molar-refractivity contribution in [2.24, 2.45) is 5.10 Å². The lowest BCUT2D eigenvalue weighted by atomic mass is 10.1. The summed E-state index contributed by atoms with van der Waals surface area (Å²) < 4.78 is 5.57. The van der Waals surface area contributed by atoms with Crippen LogP contribution in [-0.4, -0.2) is 24.6 Å². The summed E-state index contributed by atoms with van der Waals surface area (Å²) in [5.74, 6) is -0.00158. The number of hydrogen-bond donors (Lipinski definition) is 2. The molecule has 0 aliphatic heterocycles. The molecule has 30 heavy (non-hydrogen) atoms. The predicted molar refractivity (Wildman–Crippen MR) is 118 cm³/mol. The van der Waals surface area contributed by atoms with Gasteiger partial charge >= 0.3 is 0 Å². The lowest BCUT2D eigenvalue weighted by Gasteiger charge is -2.09. The molecular weight excluding hydrogens is 378 g/mol. The van der Waals surface area contributed by atoms with Crippen LogP contribution in [0, 0.1) is 13.8 Å². The quantitative estimate of drug-likeness (QED) is 0.462. The van der Waals surface area contributed by atoms with Crippen molar-refractivity contribution in [3.63, 3.8) is 0 Å². The highest BCUT2D eigenvalue weighted by atomic mass is 16.5. The van der Waals surface area contributed by atoms with Crippen LogP contribution >= 0.6 is 0 Å². The third-order valence-electron chi connectivity index (χ3n) is 4.43. The Morgan fingerprint density at radius 2 is 1.73 bits per heavy atom. The van der Waals surface area contributed by atoms with Crippen molar-refractivity contribution >= 4 is 23.7 Å². The summed E-state index contributed by atoms with van der Waals surface area (Å²) in [5.41, 5.74) is 6.76. The zero-order chi connectivity index (χ0) is 21.3. The molecule has 0 atom stereocenters. The standard InChI is InChI=1S/C24H23N3O3/c1-17-11-12-21(13-18(17)2)26-23(28)16-30-22-10-6-7-19(14-22)15-25-27-24(29)20-8-4-3-5-9-20/h3-15H,16H2,1-2H3,(H,26,28)(H,27,29)/b25-15+. The van der Waals surface area contributed by atoms with E-state index in [0.717, 1.165) is 16.8 Å². The maximum absolute atomic E-state index is 12.1. The maximum Gasteiger partial charge on any atom is 0.271 e. The van der Waals surface area contributed by atoms with Gasteiger partial charge in [0, 0.05) is 11.3 Å². The highest BCUT2D eigenvalue weighted by Crippen LogP contribution is 2.15. The van der Waals surface area contributed by atoms with Crippen molar-refractivity contribution in [2.75, 3.05) is 11.9 Å². The van der Waals surface area contributed by atoms with E-state index in [0.29, 0.717) is 11.3 Å². The fourth-order valence-electron chi connectivity index (χ4n) is 2.67. The van der Waals surface area contributed by atoms with Crippen molar-refractivity contribution < 1.29 is 14.3 Å². The van der Waals surface area contributed by atoms with Crippen LogP contribution in [0.25, 0.3) is 0 Å². The molecule has 0 heterocycles. The second kappa shape index (κ2) is 10.0. The van der Waals surface area contributed by atoms with Gasteiger partial charge in [-0.05, 0) is 66.9 Å². The largest absolute Gasteiger partial charge is 0.484 e. The van der Waals surface area contributed by atoms with Gasteiger partial charge in [0.2, 0.25) is 0 Å². The first kappa shape index (κ1) is 20.8. The van der Waals surface area contributed by atoms with Gasteiger partial charge < -0.3 is 10.1 Å². The van der Waals surface area contributed by atoms with Crippen LogP contribution < -0.4 is 15.5 Å². The maximum atomic E-state index is 12.1. The Morgan fingerprint density at radius 3 is 2.50 bits per heavy atom. The Kier molecular flexibility index (Phi) is 6.95. The topological polar surface area (TPSA) is 79.8 Å². The molecule has 2 N–H and O–H groups in total. The summed E-state index contributed by atoms with van der Waals surface area (Å²) in [6.07, 6.45) is 1.52. The van der Waals surface area contributed by atoms with Crippen LogP contribution in [0.3, 0.4) is 0 Å². The molecule has 0 radical (unpaired) electrons. The molecule has 3 aromatic carbocycles. The fourth-order valence-corrected chi connectivity index (χ4v) is 2.67. The second-order valence-electron chi connectivity index (χ2n) is 6.77. The Hall–Kier alpha value is -3.93. The van der Waals surface area contributed by atoms with Gasteiger partial charge in [-0.3, -0.25) is 9.59 Å². The van der Waals surface area contributed by atoms with Crippen molar-refractivity contribution in [1.82, 2.24) is 5.43 Å². The average molecular weight is 401 g/mol. The van der Waals surface area contributed by atoms with Gasteiger partial charge in [-0.1, -0.05) is 36.4 Å². The highest BCUT2D eigenvalue weighted by Gasteiger charge is 2.05. The zero-order valence-electron chi connectivity index (χ0n) is 16.9. The summed E-state index contributed by atoms with van der Waals surface area (Å²) in [7, 11) is 0. The summed E-state index contributed by atoms with van der Waals surface area (Å²) in [4.78, 5) is 24.1. The molecule has 0 fully saturated rings. The molecule has 6 nitrogen and oxygen atoms in total. The van der Waals surface area contributed by atoms with Crippen LogP contribution in [0.1, 0.15) is 27.0 Å². The minimum absolute atomic E-state index is 0.113. The van der Waals surface area contributed by atoms with Crippen LogP contribution in [0.4, 0.5) is 5.69 Å². The Bertz CT molecular complexity index is 1060. The molecule has 0 unspecified atom stereocenters. The SMILES string of the molecule is Cc1ccc(NC(=O)COc2cccc(/C=N/NC(=O)c3ccccc3)c2)cc1C. The Balaban J connectivity index is 1.51. The molecule has 3 rings (SSSR count).